The van der Waals surface area contributed by atoms with Gasteiger partial charge in [-0.25, -0.2) is 0 Å². The number of benzene rings is 1. The van der Waals surface area contributed by atoms with Crippen LogP contribution in [-0.4, -0.2) is 6.21 Å². The van der Waals surface area contributed by atoms with Gasteiger partial charge in [-0.1, -0.05) is 34.8 Å². The fourth-order valence-electron chi connectivity index (χ4n) is 1.33. The van der Waals surface area contributed by atoms with E-state index in [4.69, 9.17) is 34.8 Å². The maximum atomic E-state index is 6.02. The summed E-state index contributed by atoms with van der Waals surface area (Å²) >= 11 is 19.5. The molecule has 2 aromatic rings. The number of rotatable bonds is 3. The number of halogens is 3. The van der Waals surface area contributed by atoms with Gasteiger partial charge in [0.15, 0.2) is 0 Å². The van der Waals surface area contributed by atoms with Crippen LogP contribution in [0.15, 0.2) is 29.4 Å². The van der Waals surface area contributed by atoms with Gasteiger partial charge in [-0.15, -0.1) is 11.3 Å². The molecule has 0 aliphatic heterocycles. The summed E-state index contributed by atoms with van der Waals surface area (Å²) in [5.74, 6) is 0. The van der Waals surface area contributed by atoms with Crippen molar-refractivity contribution >= 4 is 58.0 Å². The summed E-state index contributed by atoms with van der Waals surface area (Å²) in [7, 11) is 0. The van der Waals surface area contributed by atoms with Crippen LogP contribution in [0.2, 0.25) is 15.1 Å². The Balaban J connectivity index is 2.13. The van der Waals surface area contributed by atoms with Crippen LogP contribution < -0.4 is 5.43 Å². The van der Waals surface area contributed by atoms with Crippen molar-refractivity contribution in [3.63, 3.8) is 0 Å². The summed E-state index contributed by atoms with van der Waals surface area (Å²) in [5.41, 5.74) is 3.37. The molecule has 0 saturated heterocycles. The molecule has 6 heteroatoms. The van der Waals surface area contributed by atoms with E-state index in [-0.39, 0.29) is 0 Å². The van der Waals surface area contributed by atoms with Gasteiger partial charge in [0, 0.05) is 14.8 Å². The van der Waals surface area contributed by atoms with E-state index >= 15 is 0 Å². The molecule has 1 heterocycles. The van der Waals surface area contributed by atoms with Crippen LogP contribution in [0.3, 0.4) is 0 Å². The molecule has 0 spiro atoms. The zero-order chi connectivity index (χ0) is 13.1. The Bertz CT molecular complexity index is 570. The largest absolute Gasteiger partial charge is 0.275 e. The first-order valence-corrected chi connectivity index (χ1v) is 7.01. The molecule has 0 amide bonds. The van der Waals surface area contributed by atoms with Crippen molar-refractivity contribution in [1.29, 1.82) is 0 Å². The van der Waals surface area contributed by atoms with Crippen LogP contribution in [0.4, 0.5) is 5.69 Å². The summed E-state index contributed by atoms with van der Waals surface area (Å²) < 4.78 is 0. The zero-order valence-corrected chi connectivity index (χ0v) is 12.5. The second kappa shape index (κ2) is 5.93. The maximum Gasteiger partial charge on any atom is 0.0935 e. The van der Waals surface area contributed by atoms with Crippen LogP contribution in [0, 0.1) is 6.92 Å². The number of nitrogens with one attached hydrogen (secondary N) is 1. The highest BCUT2D eigenvalue weighted by atomic mass is 35.5. The van der Waals surface area contributed by atoms with E-state index < -0.39 is 0 Å². The Kier molecular flexibility index (Phi) is 4.51. The number of aryl methyl sites for hydroxylation is 1. The van der Waals surface area contributed by atoms with Crippen molar-refractivity contribution in [2.24, 2.45) is 5.10 Å². The van der Waals surface area contributed by atoms with Crippen molar-refractivity contribution < 1.29 is 0 Å². The van der Waals surface area contributed by atoms with Gasteiger partial charge in [0.2, 0.25) is 0 Å². The quantitative estimate of drug-likeness (QED) is 0.589. The van der Waals surface area contributed by atoms with Gasteiger partial charge < -0.3 is 0 Å². The first-order chi connectivity index (χ1) is 8.56. The third-order valence-electron chi connectivity index (χ3n) is 2.14. The van der Waals surface area contributed by atoms with Crippen molar-refractivity contribution in [1.82, 2.24) is 0 Å². The lowest BCUT2D eigenvalue weighted by atomic mass is 10.3. The van der Waals surface area contributed by atoms with E-state index in [1.54, 1.807) is 29.7 Å². The Morgan fingerprint density at radius 2 is 1.83 bits per heavy atom. The molecule has 0 aliphatic rings. The van der Waals surface area contributed by atoms with Gasteiger partial charge in [-0.3, -0.25) is 5.43 Å². The van der Waals surface area contributed by atoms with Crippen molar-refractivity contribution in [2.75, 3.05) is 5.43 Å². The van der Waals surface area contributed by atoms with Gasteiger partial charge in [0.1, 0.15) is 0 Å². The van der Waals surface area contributed by atoms with Crippen LogP contribution in [-0.2, 0) is 0 Å². The van der Waals surface area contributed by atoms with Crippen molar-refractivity contribution in [2.45, 2.75) is 6.92 Å². The zero-order valence-electron chi connectivity index (χ0n) is 9.38. The minimum absolute atomic E-state index is 0.437. The summed E-state index contributed by atoms with van der Waals surface area (Å²) in [4.78, 5) is 2.29. The Morgan fingerprint density at radius 3 is 2.39 bits per heavy atom. The average Bonchev–Trinajstić information content (AvgIpc) is 2.68. The summed E-state index contributed by atoms with van der Waals surface area (Å²) in [6.45, 7) is 2.04. The van der Waals surface area contributed by atoms with Gasteiger partial charge in [0.25, 0.3) is 0 Å². The molecule has 1 aromatic carbocycles. The summed E-state index contributed by atoms with van der Waals surface area (Å²) in [6.07, 6.45) is 1.72. The highest BCUT2D eigenvalue weighted by molar-refractivity contribution is 7.13. The van der Waals surface area contributed by atoms with E-state index in [9.17, 15) is 0 Å². The predicted molar refractivity (Wildman–Crippen MR) is 81.7 cm³/mol. The lowest BCUT2D eigenvalue weighted by Gasteiger charge is -2.06. The Hall–Kier alpha value is -0.740. The van der Waals surface area contributed by atoms with Gasteiger partial charge in [-0.2, -0.15) is 5.10 Å². The van der Waals surface area contributed by atoms with Crippen LogP contribution in [0.1, 0.15) is 9.75 Å². The van der Waals surface area contributed by atoms with Gasteiger partial charge in [0.05, 0.1) is 21.9 Å². The monoisotopic (exact) mass is 318 g/mol. The fraction of sp³-hybridized carbons (Fsp3) is 0.0833. The van der Waals surface area contributed by atoms with E-state index in [1.165, 1.54) is 4.88 Å². The third kappa shape index (κ3) is 3.39. The van der Waals surface area contributed by atoms with Crippen molar-refractivity contribution in [3.05, 3.63) is 49.1 Å². The summed E-state index contributed by atoms with van der Waals surface area (Å²) in [5, 5.41) is 5.47. The maximum absolute atomic E-state index is 6.02. The molecule has 0 saturated carbocycles. The molecular weight excluding hydrogens is 311 g/mol. The molecule has 0 aliphatic carbocycles. The van der Waals surface area contributed by atoms with E-state index in [1.807, 2.05) is 19.1 Å². The number of nitrogens with zero attached hydrogens (tertiary/aromatic N) is 1. The van der Waals surface area contributed by atoms with E-state index in [0.29, 0.717) is 20.8 Å². The average molecular weight is 320 g/mol. The molecule has 0 unspecified atom stereocenters. The molecule has 2 nitrogen and oxygen atoms in total. The minimum Gasteiger partial charge on any atom is -0.275 e. The molecule has 0 atom stereocenters. The Labute approximate surface area is 124 Å². The number of hydrogen-bond donors (Lipinski definition) is 1. The van der Waals surface area contributed by atoms with Gasteiger partial charge >= 0.3 is 0 Å². The van der Waals surface area contributed by atoms with Crippen LogP contribution in [0.5, 0.6) is 0 Å². The topological polar surface area (TPSA) is 24.4 Å². The highest BCUT2D eigenvalue weighted by Crippen LogP contribution is 2.33. The van der Waals surface area contributed by atoms with E-state index in [2.05, 4.69) is 10.5 Å². The molecule has 1 N–H and O–H groups in total. The molecule has 2 rings (SSSR count). The smallest absolute Gasteiger partial charge is 0.0935 e. The highest BCUT2D eigenvalue weighted by Gasteiger charge is 2.06. The van der Waals surface area contributed by atoms with Crippen molar-refractivity contribution in [3.8, 4) is 0 Å². The number of thiophene rings is 1. The normalized spacial score (nSPS) is 11.1. The molecule has 0 bridgehead atoms. The van der Waals surface area contributed by atoms with E-state index in [0.717, 1.165) is 4.88 Å². The van der Waals surface area contributed by atoms with Gasteiger partial charge in [-0.05, 0) is 31.2 Å². The SMILES string of the molecule is Cc1ccc(/C=N\Nc2c(Cl)cc(Cl)cc2Cl)s1. The molecule has 0 radical (unpaired) electrons. The lowest BCUT2D eigenvalue weighted by molar-refractivity contribution is 1.35. The lowest BCUT2D eigenvalue weighted by Crippen LogP contribution is -1.91. The Morgan fingerprint density at radius 1 is 1.17 bits per heavy atom. The molecule has 18 heavy (non-hydrogen) atoms. The van der Waals surface area contributed by atoms with Crippen LogP contribution in [0.25, 0.3) is 0 Å². The second-order valence-electron chi connectivity index (χ2n) is 3.56. The first kappa shape index (κ1) is 13.7. The number of hydrazone groups is 1. The summed E-state index contributed by atoms with van der Waals surface area (Å²) in [6, 6.07) is 7.26. The number of hydrogen-bond acceptors (Lipinski definition) is 3. The molecule has 1 aromatic heterocycles. The third-order valence-corrected chi connectivity index (χ3v) is 3.89. The first-order valence-electron chi connectivity index (χ1n) is 5.06. The standard InChI is InChI=1S/C12H9Cl3N2S/c1-7-2-3-9(18-7)6-16-17-12-10(14)4-8(13)5-11(12)15/h2-6,17H,1H3/b16-6-. The minimum atomic E-state index is 0.437. The molecule has 0 fully saturated rings. The predicted octanol–water partition coefficient (Wildman–Crippen LogP) is 5.46. The second-order valence-corrected chi connectivity index (χ2v) is 6.13. The molecular formula is C12H9Cl3N2S. The fourth-order valence-corrected chi connectivity index (χ4v) is 2.98. The molecule has 94 valence electrons. The number of anilines is 1. The van der Waals surface area contributed by atoms with Crippen LogP contribution >= 0.6 is 46.1 Å².